The smallest absolute Gasteiger partial charge is 0.129 e. The summed E-state index contributed by atoms with van der Waals surface area (Å²) in [5.74, 6) is 1.42. The van der Waals surface area contributed by atoms with E-state index in [9.17, 15) is 5.11 Å². The number of ether oxygens (including phenoxy) is 1. The van der Waals surface area contributed by atoms with Gasteiger partial charge in [-0.2, -0.15) is 0 Å². The molecule has 0 fully saturated rings. The number of methoxy groups -OCH3 is 1. The van der Waals surface area contributed by atoms with E-state index in [4.69, 9.17) is 4.74 Å². The molecule has 1 unspecified atom stereocenters. The van der Waals surface area contributed by atoms with Gasteiger partial charge in [0.05, 0.1) is 12.7 Å². The Balaban J connectivity index is 2.37. The van der Waals surface area contributed by atoms with Gasteiger partial charge in [-0.15, -0.1) is 0 Å². The molecule has 78 valence electrons. The number of aromatic nitrogens is 2. The van der Waals surface area contributed by atoms with Crippen molar-refractivity contribution in [3.05, 3.63) is 18.1 Å². The predicted molar refractivity (Wildman–Crippen MR) is 53.1 cm³/mol. The van der Waals surface area contributed by atoms with Gasteiger partial charge in [-0.05, 0) is 13.0 Å². The van der Waals surface area contributed by atoms with Gasteiger partial charge < -0.3 is 15.2 Å². The first-order valence-electron chi connectivity index (χ1n) is 4.43. The third-order valence-corrected chi connectivity index (χ3v) is 1.65. The number of hydrogen-bond acceptors (Lipinski definition) is 5. The highest BCUT2D eigenvalue weighted by molar-refractivity contribution is 5.32. The van der Waals surface area contributed by atoms with Gasteiger partial charge in [0.15, 0.2) is 0 Å². The van der Waals surface area contributed by atoms with Gasteiger partial charge >= 0.3 is 0 Å². The lowest BCUT2D eigenvalue weighted by Crippen LogP contribution is -2.24. The van der Waals surface area contributed by atoms with Crippen LogP contribution in [0.15, 0.2) is 12.3 Å². The van der Waals surface area contributed by atoms with E-state index in [-0.39, 0.29) is 0 Å². The van der Waals surface area contributed by atoms with Crippen LogP contribution in [-0.4, -0.2) is 41.4 Å². The highest BCUT2D eigenvalue weighted by atomic mass is 16.5. The van der Waals surface area contributed by atoms with Crippen LogP contribution < -0.4 is 5.32 Å². The minimum atomic E-state index is -0.518. The van der Waals surface area contributed by atoms with Gasteiger partial charge in [-0.3, -0.25) is 0 Å². The monoisotopic (exact) mass is 197 g/mol. The number of rotatable bonds is 5. The van der Waals surface area contributed by atoms with Crippen LogP contribution in [0.4, 0.5) is 5.82 Å². The quantitative estimate of drug-likeness (QED) is 0.706. The van der Waals surface area contributed by atoms with Crippen LogP contribution >= 0.6 is 0 Å². The number of aliphatic hydroxyl groups is 1. The van der Waals surface area contributed by atoms with Gasteiger partial charge in [0.1, 0.15) is 11.6 Å². The first-order chi connectivity index (χ1) is 6.72. The fourth-order valence-electron chi connectivity index (χ4n) is 1.03. The van der Waals surface area contributed by atoms with E-state index in [1.807, 2.05) is 6.92 Å². The molecule has 1 aromatic rings. The lowest BCUT2D eigenvalue weighted by Gasteiger charge is -2.10. The molecular weight excluding hydrogens is 182 g/mol. The van der Waals surface area contributed by atoms with Crippen molar-refractivity contribution in [2.75, 3.05) is 25.6 Å². The molecule has 2 N–H and O–H groups in total. The number of hydrogen-bond donors (Lipinski definition) is 2. The molecule has 0 saturated heterocycles. The summed E-state index contributed by atoms with van der Waals surface area (Å²) in [6, 6.07) is 1.76. The molecule has 0 bridgehead atoms. The maximum absolute atomic E-state index is 9.35. The van der Waals surface area contributed by atoms with Gasteiger partial charge in [-0.25, -0.2) is 9.97 Å². The Kier molecular flexibility index (Phi) is 4.28. The number of nitrogens with one attached hydrogen (secondary N) is 1. The summed E-state index contributed by atoms with van der Waals surface area (Å²) in [6.07, 6.45) is 1.16. The maximum atomic E-state index is 9.35. The largest absolute Gasteiger partial charge is 0.389 e. The number of aliphatic hydroxyl groups excluding tert-OH is 1. The van der Waals surface area contributed by atoms with Crippen molar-refractivity contribution >= 4 is 5.82 Å². The summed E-state index contributed by atoms with van der Waals surface area (Å²) >= 11 is 0. The van der Waals surface area contributed by atoms with Crippen LogP contribution in [0.1, 0.15) is 5.82 Å². The molecule has 0 radical (unpaired) electrons. The topological polar surface area (TPSA) is 67.3 Å². The van der Waals surface area contributed by atoms with Crippen LogP contribution in [0.25, 0.3) is 0 Å². The van der Waals surface area contributed by atoms with Crippen molar-refractivity contribution < 1.29 is 9.84 Å². The zero-order valence-corrected chi connectivity index (χ0v) is 8.40. The molecule has 5 nitrogen and oxygen atoms in total. The van der Waals surface area contributed by atoms with Crippen molar-refractivity contribution in [2.24, 2.45) is 0 Å². The molecule has 0 aliphatic carbocycles. The van der Waals surface area contributed by atoms with Gasteiger partial charge in [0.25, 0.3) is 0 Å². The average Bonchev–Trinajstić information content (AvgIpc) is 2.15. The molecular formula is C9H15N3O2. The SMILES string of the molecule is COCC(O)CNc1ccnc(C)n1. The summed E-state index contributed by atoms with van der Waals surface area (Å²) in [5.41, 5.74) is 0. The summed E-state index contributed by atoms with van der Waals surface area (Å²) in [4.78, 5) is 8.10. The Hall–Kier alpha value is -1.20. The average molecular weight is 197 g/mol. The zero-order valence-electron chi connectivity index (χ0n) is 8.40. The number of anilines is 1. The Bertz CT molecular complexity index is 281. The summed E-state index contributed by atoms with van der Waals surface area (Å²) in [5, 5.41) is 12.3. The first-order valence-corrected chi connectivity index (χ1v) is 4.43. The fraction of sp³-hybridized carbons (Fsp3) is 0.556. The van der Waals surface area contributed by atoms with E-state index in [1.54, 1.807) is 19.4 Å². The van der Waals surface area contributed by atoms with Crippen LogP contribution in [0, 0.1) is 6.92 Å². The first kappa shape index (κ1) is 10.9. The minimum absolute atomic E-state index is 0.317. The van der Waals surface area contributed by atoms with E-state index in [0.29, 0.717) is 24.8 Å². The summed E-state index contributed by atoms with van der Waals surface area (Å²) in [7, 11) is 1.55. The number of aryl methyl sites for hydroxylation is 1. The highest BCUT2D eigenvalue weighted by Gasteiger charge is 2.03. The van der Waals surface area contributed by atoms with Gasteiger partial charge in [0.2, 0.25) is 0 Å². The highest BCUT2D eigenvalue weighted by Crippen LogP contribution is 2.00. The normalized spacial score (nSPS) is 12.5. The van der Waals surface area contributed by atoms with E-state index < -0.39 is 6.10 Å². The lowest BCUT2D eigenvalue weighted by molar-refractivity contribution is 0.0727. The van der Waals surface area contributed by atoms with Crippen LogP contribution in [0.5, 0.6) is 0 Å². The van der Waals surface area contributed by atoms with Crippen molar-refractivity contribution in [3.63, 3.8) is 0 Å². The fourth-order valence-corrected chi connectivity index (χ4v) is 1.03. The molecule has 14 heavy (non-hydrogen) atoms. The van der Waals surface area contributed by atoms with Gasteiger partial charge in [-0.1, -0.05) is 0 Å². The van der Waals surface area contributed by atoms with Crippen LogP contribution in [0.2, 0.25) is 0 Å². The minimum Gasteiger partial charge on any atom is -0.389 e. The summed E-state index contributed by atoms with van der Waals surface area (Å²) in [6.45, 7) is 2.55. The Morgan fingerprint density at radius 3 is 3.07 bits per heavy atom. The molecule has 0 saturated carbocycles. The molecule has 5 heteroatoms. The third kappa shape index (κ3) is 3.68. The molecule has 0 aliphatic rings. The van der Waals surface area contributed by atoms with E-state index >= 15 is 0 Å². The molecule has 1 rings (SSSR count). The molecule has 0 spiro atoms. The Labute approximate surface area is 83.2 Å². The van der Waals surface area contributed by atoms with Gasteiger partial charge in [0, 0.05) is 19.9 Å². The molecule has 1 heterocycles. The summed E-state index contributed by atoms with van der Waals surface area (Å²) < 4.78 is 4.79. The Morgan fingerprint density at radius 1 is 1.64 bits per heavy atom. The van der Waals surface area contributed by atoms with Crippen LogP contribution in [0.3, 0.4) is 0 Å². The maximum Gasteiger partial charge on any atom is 0.129 e. The van der Waals surface area contributed by atoms with Crippen molar-refractivity contribution in [1.29, 1.82) is 0 Å². The molecule has 1 atom stereocenters. The van der Waals surface area contributed by atoms with Crippen molar-refractivity contribution in [3.8, 4) is 0 Å². The standard InChI is InChI=1S/C9H15N3O2/c1-7-10-4-3-9(12-7)11-5-8(13)6-14-2/h3-4,8,13H,5-6H2,1-2H3,(H,10,11,12). The van der Waals surface area contributed by atoms with E-state index in [2.05, 4.69) is 15.3 Å². The van der Waals surface area contributed by atoms with E-state index in [0.717, 1.165) is 0 Å². The van der Waals surface area contributed by atoms with Crippen molar-refractivity contribution in [1.82, 2.24) is 9.97 Å². The third-order valence-electron chi connectivity index (χ3n) is 1.65. The number of nitrogens with zero attached hydrogens (tertiary/aromatic N) is 2. The molecule has 0 amide bonds. The second kappa shape index (κ2) is 5.51. The second-order valence-corrected chi connectivity index (χ2v) is 2.98. The molecule has 1 aromatic heterocycles. The Morgan fingerprint density at radius 2 is 2.43 bits per heavy atom. The molecule has 0 aliphatic heterocycles. The van der Waals surface area contributed by atoms with Crippen LogP contribution in [-0.2, 0) is 4.74 Å². The van der Waals surface area contributed by atoms with Crippen molar-refractivity contribution in [2.45, 2.75) is 13.0 Å². The molecule has 0 aromatic carbocycles. The van der Waals surface area contributed by atoms with E-state index in [1.165, 1.54) is 0 Å². The lowest BCUT2D eigenvalue weighted by atomic mass is 10.4. The second-order valence-electron chi connectivity index (χ2n) is 2.98. The predicted octanol–water partition coefficient (Wildman–Crippen LogP) is 0.204. The zero-order chi connectivity index (χ0) is 10.4.